The number of likely N-dealkylation sites (tertiary alicyclic amines) is 1. The number of fused-ring (bicyclic) bond motifs is 4. The maximum absolute atomic E-state index is 13.4. The molecule has 2 aromatic carbocycles. The van der Waals surface area contributed by atoms with Crippen molar-refractivity contribution < 1.29 is 14.3 Å². The third-order valence-corrected chi connectivity index (χ3v) is 6.99. The number of nitrogens with zero attached hydrogens (tertiary/aromatic N) is 3. The van der Waals surface area contributed by atoms with E-state index in [4.69, 9.17) is 9.47 Å². The van der Waals surface area contributed by atoms with Crippen LogP contribution < -0.4 is 9.47 Å². The van der Waals surface area contributed by atoms with E-state index in [0.29, 0.717) is 18.7 Å². The largest absolute Gasteiger partial charge is 0.496 e. The van der Waals surface area contributed by atoms with E-state index in [2.05, 4.69) is 31.9 Å². The molecule has 0 aliphatic carbocycles. The first-order chi connectivity index (χ1) is 16.7. The Labute approximate surface area is 208 Å². The molecule has 0 N–H and O–H groups in total. The molecule has 6 heteroatoms. The molecule has 1 aromatic heterocycles. The number of hydrogen-bond acceptors (Lipinski definition) is 4. The van der Waals surface area contributed by atoms with Crippen LogP contribution in [0.1, 0.15) is 68.9 Å². The van der Waals surface area contributed by atoms with E-state index in [1.165, 1.54) is 0 Å². The van der Waals surface area contributed by atoms with Crippen LogP contribution in [0.3, 0.4) is 0 Å². The van der Waals surface area contributed by atoms with Gasteiger partial charge in [0.05, 0.1) is 19.0 Å². The van der Waals surface area contributed by atoms with Crippen molar-refractivity contribution in [3.8, 4) is 22.8 Å². The molecule has 2 aliphatic rings. The van der Waals surface area contributed by atoms with E-state index in [1.54, 1.807) is 7.11 Å². The second-order valence-corrected chi connectivity index (χ2v) is 10.1. The van der Waals surface area contributed by atoms with Gasteiger partial charge in [-0.3, -0.25) is 9.48 Å². The summed E-state index contributed by atoms with van der Waals surface area (Å²) < 4.78 is 14.2. The number of methoxy groups -OCH3 is 1. The minimum atomic E-state index is -0.456. The topological polar surface area (TPSA) is 56.6 Å². The smallest absolute Gasteiger partial charge is 0.253 e. The van der Waals surface area contributed by atoms with Crippen LogP contribution >= 0.6 is 0 Å². The first-order valence-electron chi connectivity index (χ1n) is 12.5. The lowest BCUT2D eigenvalue weighted by molar-refractivity contribution is -0.00173. The van der Waals surface area contributed by atoms with Crippen molar-refractivity contribution in [1.29, 1.82) is 0 Å². The van der Waals surface area contributed by atoms with Crippen molar-refractivity contribution in [2.24, 2.45) is 7.05 Å². The lowest BCUT2D eigenvalue weighted by Gasteiger charge is -2.44. The standard InChI is InChI=1S/C27H31N3O3.C2H6/c1-26(2,3)20-11-10-18(16-23(20)32-5)25(31)30-14-12-27(13-15-30)21-17-28-29(4)24(21)19-8-6-7-9-22(19)33-27;1-2/h6-11,16-17H,12-15H2,1-5H3;1-2H3. The molecule has 0 unspecified atom stereocenters. The van der Waals surface area contributed by atoms with Crippen LogP contribution in [-0.4, -0.2) is 40.8 Å². The number of carbonyl (C=O) groups is 1. The quantitative estimate of drug-likeness (QED) is 0.460. The minimum absolute atomic E-state index is 0.0335. The van der Waals surface area contributed by atoms with Crippen molar-refractivity contribution in [2.75, 3.05) is 20.2 Å². The summed E-state index contributed by atoms with van der Waals surface area (Å²) in [5.74, 6) is 1.68. The molecule has 0 radical (unpaired) electrons. The average molecular weight is 476 g/mol. The Hall–Kier alpha value is -3.28. The Morgan fingerprint density at radius 1 is 1.09 bits per heavy atom. The highest BCUT2D eigenvalue weighted by Gasteiger charge is 2.45. The Balaban J connectivity index is 0.00000141. The Kier molecular flexibility index (Phi) is 6.67. The summed E-state index contributed by atoms with van der Waals surface area (Å²) in [4.78, 5) is 15.3. The van der Waals surface area contributed by atoms with Gasteiger partial charge in [0.15, 0.2) is 0 Å². The summed E-state index contributed by atoms with van der Waals surface area (Å²) in [7, 11) is 3.63. The zero-order valence-electron chi connectivity index (χ0n) is 22.0. The number of aromatic nitrogens is 2. The van der Waals surface area contributed by atoms with Crippen molar-refractivity contribution >= 4 is 5.91 Å². The zero-order chi connectivity index (χ0) is 25.4. The number of carbonyl (C=O) groups excluding carboxylic acids is 1. The second kappa shape index (κ2) is 9.40. The number of hydrogen-bond donors (Lipinski definition) is 0. The predicted octanol–water partition coefficient (Wildman–Crippen LogP) is 5.94. The van der Waals surface area contributed by atoms with Gasteiger partial charge in [0.1, 0.15) is 17.1 Å². The van der Waals surface area contributed by atoms with Gasteiger partial charge in [-0.15, -0.1) is 0 Å². The molecule has 3 aromatic rings. The predicted molar refractivity (Wildman–Crippen MR) is 139 cm³/mol. The monoisotopic (exact) mass is 475 g/mol. The molecule has 35 heavy (non-hydrogen) atoms. The van der Waals surface area contributed by atoms with Crippen molar-refractivity contribution in [1.82, 2.24) is 14.7 Å². The molecule has 1 amide bonds. The molecule has 6 nitrogen and oxygen atoms in total. The Morgan fingerprint density at radius 3 is 2.43 bits per heavy atom. The highest BCUT2D eigenvalue weighted by molar-refractivity contribution is 5.95. The maximum Gasteiger partial charge on any atom is 0.253 e. The molecule has 0 bridgehead atoms. The average Bonchev–Trinajstić information content (AvgIpc) is 3.27. The molecule has 2 aliphatic heterocycles. The van der Waals surface area contributed by atoms with Gasteiger partial charge in [-0.1, -0.05) is 52.8 Å². The summed E-state index contributed by atoms with van der Waals surface area (Å²) in [5.41, 5.74) is 4.54. The summed E-state index contributed by atoms with van der Waals surface area (Å²) in [6.07, 6.45) is 3.38. The molecule has 0 atom stereocenters. The van der Waals surface area contributed by atoms with Crippen molar-refractivity contribution in [2.45, 2.75) is 58.5 Å². The normalized spacial score (nSPS) is 15.9. The molecule has 1 saturated heterocycles. The van der Waals surface area contributed by atoms with Gasteiger partial charge in [-0.05, 0) is 35.2 Å². The minimum Gasteiger partial charge on any atom is -0.496 e. The number of aryl methyl sites for hydroxylation is 1. The van der Waals surface area contributed by atoms with E-state index >= 15 is 0 Å². The number of para-hydroxylation sites is 1. The van der Waals surface area contributed by atoms with Gasteiger partial charge in [0.25, 0.3) is 5.91 Å². The number of piperidine rings is 1. The van der Waals surface area contributed by atoms with Gasteiger partial charge in [0, 0.05) is 49.7 Å². The van der Waals surface area contributed by atoms with Crippen molar-refractivity contribution in [3.05, 3.63) is 65.4 Å². The van der Waals surface area contributed by atoms with Crippen LogP contribution in [0.25, 0.3) is 11.3 Å². The van der Waals surface area contributed by atoms with Crippen LogP contribution in [0.4, 0.5) is 0 Å². The van der Waals surface area contributed by atoms with E-state index in [1.807, 2.05) is 73.1 Å². The Morgan fingerprint density at radius 2 is 1.77 bits per heavy atom. The van der Waals surface area contributed by atoms with Gasteiger partial charge in [0.2, 0.25) is 0 Å². The highest BCUT2D eigenvalue weighted by Crippen LogP contribution is 2.49. The van der Waals surface area contributed by atoms with Crippen molar-refractivity contribution in [3.63, 3.8) is 0 Å². The SMILES string of the molecule is CC.COc1cc(C(=O)N2CCC3(CC2)Oc2ccccc2-c2c3cnn2C)ccc1C(C)(C)C. The number of benzene rings is 2. The van der Waals surface area contributed by atoms with Crippen LogP contribution in [0, 0.1) is 0 Å². The molecular weight excluding hydrogens is 438 g/mol. The first kappa shape index (κ1) is 24.8. The van der Waals surface area contributed by atoms with E-state index < -0.39 is 5.60 Å². The second-order valence-electron chi connectivity index (χ2n) is 10.1. The number of amides is 1. The lowest BCUT2D eigenvalue weighted by Crippen LogP contribution is -2.49. The summed E-state index contributed by atoms with van der Waals surface area (Å²) in [5, 5.41) is 4.54. The maximum atomic E-state index is 13.4. The van der Waals surface area contributed by atoms with Gasteiger partial charge in [-0.2, -0.15) is 5.10 Å². The molecule has 1 spiro atoms. The Bertz CT molecular complexity index is 1210. The molecule has 186 valence electrons. The fourth-order valence-electron chi connectivity index (χ4n) is 5.18. The third kappa shape index (κ3) is 4.30. The van der Waals surface area contributed by atoms with Gasteiger partial charge < -0.3 is 14.4 Å². The third-order valence-electron chi connectivity index (χ3n) is 6.99. The summed E-state index contributed by atoms with van der Waals surface area (Å²) in [6.45, 7) is 11.7. The highest BCUT2D eigenvalue weighted by atomic mass is 16.5. The fourth-order valence-corrected chi connectivity index (χ4v) is 5.18. The van der Waals surface area contributed by atoms with E-state index in [-0.39, 0.29) is 11.3 Å². The number of rotatable bonds is 2. The molecule has 5 rings (SSSR count). The van der Waals surface area contributed by atoms with Crippen LogP contribution in [-0.2, 0) is 18.1 Å². The first-order valence-corrected chi connectivity index (χ1v) is 12.5. The van der Waals surface area contributed by atoms with E-state index in [9.17, 15) is 4.79 Å². The molecule has 1 fully saturated rings. The van der Waals surface area contributed by atoms with E-state index in [0.717, 1.165) is 46.7 Å². The molecule has 3 heterocycles. The fraction of sp³-hybridized carbons (Fsp3) is 0.448. The van der Waals surface area contributed by atoms with Crippen LogP contribution in [0.15, 0.2) is 48.7 Å². The number of ether oxygens (including phenoxy) is 2. The van der Waals surface area contributed by atoms with Gasteiger partial charge in [-0.25, -0.2) is 0 Å². The summed E-state index contributed by atoms with van der Waals surface area (Å²) >= 11 is 0. The zero-order valence-corrected chi connectivity index (χ0v) is 22.0. The molecular formula is C29H37N3O3. The van der Waals surface area contributed by atoms with Gasteiger partial charge >= 0.3 is 0 Å². The van der Waals surface area contributed by atoms with Crippen LogP contribution in [0.2, 0.25) is 0 Å². The molecule has 0 saturated carbocycles. The van der Waals surface area contributed by atoms with Crippen LogP contribution in [0.5, 0.6) is 11.5 Å². The lowest BCUT2D eigenvalue weighted by atomic mass is 9.81. The summed E-state index contributed by atoms with van der Waals surface area (Å²) in [6, 6.07) is 13.9.